The molecule has 1 aliphatic heterocycles. The largest absolute Gasteiger partial charge is 0.456 e. The molecule has 0 saturated carbocycles. The summed E-state index contributed by atoms with van der Waals surface area (Å²) in [6.45, 7) is 2.39. The lowest BCUT2D eigenvalue weighted by Gasteiger charge is -2.23. The number of hydrogen-bond donors (Lipinski definition) is 1. The zero-order chi connectivity index (χ0) is 20.5. The molecule has 7 nitrogen and oxygen atoms in total. The van der Waals surface area contributed by atoms with Crippen molar-refractivity contribution in [2.45, 2.75) is 24.3 Å². The van der Waals surface area contributed by atoms with Gasteiger partial charge in [-0.25, -0.2) is 17.5 Å². The minimum absolute atomic E-state index is 0.0833. The average Bonchev–Trinajstić information content (AvgIpc) is 2.87. The van der Waals surface area contributed by atoms with Gasteiger partial charge in [0.2, 0.25) is 5.76 Å². The van der Waals surface area contributed by atoms with Gasteiger partial charge in [-0.15, -0.1) is 0 Å². The maximum absolute atomic E-state index is 13.6. The fourth-order valence-electron chi connectivity index (χ4n) is 2.68. The van der Waals surface area contributed by atoms with Crippen LogP contribution in [0.3, 0.4) is 0 Å². The Morgan fingerprint density at radius 2 is 1.82 bits per heavy atom. The summed E-state index contributed by atoms with van der Waals surface area (Å²) in [4.78, 5) is 24.2. The summed E-state index contributed by atoms with van der Waals surface area (Å²) in [7, 11) is -4.13. The Balaban J connectivity index is 2.03. The van der Waals surface area contributed by atoms with E-state index in [1.165, 1.54) is 49.4 Å². The fourth-order valence-corrected chi connectivity index (χ4v) is 3.69. The quantitative estimate of drug-likeness (QED) is 0.767. The number of esters is 1. The number of rotatable bonds is 5. The average molecular weight is 405 g/mol. The van der Waals surface area contributed by atoms with Gasteiger partial charge in [-0.05, 0) is 31.2 Å². The van der Waals surface area contributed by atoms with Crippen molar-refractivity contribution in [2.75, 3.05) is 0 Å². The fraction of sp³-hybridized carbons (Fsp3) is 0.158. The van der Waals surface area contributed by atoms with Gasteiger partial charge in [0.1, 0.15) is 5.82 Å². The molecule has 9 heteroatoms. The summed E-state index contributed by atoms with van der Waals surface area (Å²) in [6.07, 6.45) is 0. The number of halogens is 1. The maximum Gasteiger partial charge on any atom is 0.308 e. The molecule has 2 aromatic rings. The first-order valence-electron chi connectivity index (χ1n) is 8.14. The summed E-state index contributed by atoms with van der Waals surface area (Å²) in [5.41, 5.74) is -1.64. The summed E-state index contributed by atoms with van der Waals surface area (Å²) in [5.74, 6) is -3.41. The molecular formula is C19H16FNO6S. The zero-order valence-corrected chi connectivity index (χ0v) is 15.7. The molecule has 0 fully saturated rings. The first kappa shape index (κ1) is 19.6. The second kappa shape index (κ2) is 7.08. The molecule has 2 aromatic carbocycles. The van der Waals surface area contributed by atoms with Gasteiger partial charge in [0.05, 0.1) is 4.90 Å². The number of ether oxygens (including phenoxy) is 2. The van der Waals surface area contributed by atoms with Crippen molar-refractivity contribution in [3.05, 3.63) is 77.6 Å². The van der Waals surface area contributed by atoms with Crippen LogP contribution in [0.1, 0.15) is 19.4 Å². The molecule has 3 rings (SSSR count). The number of benzene rings is 2. The van der Waals surface area contributed by atoms with Crippen LogP contribution in [0.4, 0.5) is 4.39 Å². The van der Waals surface area contributed by atoms with Crippen LogP contribution >= 0.6 is 0 Å². The second-order valence-corrected chi connectivity index (χ2v) is 7.83. The van der Waals surface area contributed by atoms with Crippen molar-refractivity contribution in [3.63, 3.8) is 0 Å². The van der Waals surface area contributed by atoms with Crippen molar-refractivity contribution < 1.29 is 31.9 Å². The number of Topliss-reactive ketones (excluding diaryl/α,β-unsaturated/α-hetero) is 1. The Morgan fingerprint density at radius 1 is 1.14 bits per heavy atom. The topological polar surface area (TPSA) is 98.8 Å². The van der Waals surface area contributed by atoms with E-state index in [1.54, 1.807) is 6.07 Å². The van der Waals surface area contributed by atoms with Crippen molar-refractivity contribution in [3.8, 4) is 0 Å². The van der Waals surface area contributed by atoms with Crippen LogP contribution in [0.5, 0.6) is 0 Å². The molecule has 0 spiro atoms. The third kappa shape index (κ3) is 3.61. The SMILES string of the molecule is CC(=O)OC1=C(NS(=O)(=O)c2ccccc2)OC(C)(c2cccc(F)c2)C1=O. The molecule has 1 N–H and O–H groups in total. The number of ketones is 1. The Morgan fingerprint density at radius 3 is 2.43 bits per heavy atom. The van der Waals surface area contributed by atoms with Gasteiger partial charge in [-0.2, -0.15) is 0 Å². The molecular weight excluding hydrogens is 389 g/mol. The van der Waals surface area contributed by atoms with Crippen LogP contribution in [-0.2, 0) is 34.7 Å². The Kier molecular flexibility index (Phi) is 4.95. The van der Waals surface area contributed by atoms with Gasteiger partial charge >= 0.3 is 5.97 Å². The molecule has 1 aliphatic rings. The third-order valence-corrected chi connectivity index (χ3v) is 5.40. The normalized spacial score (nSPS) is 19.3. The lowest BCUT2D eigenvalue weighted by Crippen LogP contribution is -2.32. The molecule has 1 unspecified atom stereocenters. The molecule has 146 valence electrons. The predicted octanol–water partition coefficient (Wildman–Crippen LogP) is 2.35. The minimum Gasteiger partial charge on any atom is -0.456 e. The smallest absolute Gasteiger partial charge is 0.308 e. The van der Waals surface area contributed by atoms with E-state index in [2.05, 4.69) is 4.72 Å². The highest BCUT2D eigenvalue weighted by Crippen LogP contribution is 2.39. The van der Waals surface area contributed by atoms with Gasteiger partial charge in [-0.1, -0.05) is 30.3 Å². The van der Waals surface area contributed by atoms with Gasteiger partial charge in [0.25, 0.3) is 21.7 Å². The molecule has 28 heavy (non-hydrogen) atoms. The summed E-state index contributed by atoms with van der Waals surface area (Å²) < 4.78 is 51.4. The van der Waals surface area contributed by atoms with E-state index in [9.17, 15) is 22.4 Å². The van der Waals surface area contributed by atoms with E-state index in [4.69, 9.17) is 9.47 Å². The maximum atomic E-state index is 13.6. The summed E-state index contributed by atoms with van der Waals surface area (Å²) in [6, 6.07) is 12.5. The number of carbonyl (C=O) groups is 2. The lowest BCUT2D eigenvalue weighted by molar-refractivity contribution is -0.142. The van der Waals surface area contributed by atoms with Gasteiger partial charge in [0.15, 0.2) is 5.60 Å². The van der Waals surface area contributed by atoms with Crippen LogP contribution in [-0.4, -0.2) is 20.2 Å². The Labute approximate surface area is 160 Å². The molecule has 0 aromatic heterocycles. The van der Waals surface area contributed by atoms with Crippen molar-refractivity contribution >= 4 is 21.8 Å². The first-order valence-corrected chi connectivity index (χ1v) is 9.62. The highest BCUT2D eigenvalue weighted by molar-refractivity contribution is 7.89. The van der Waals surface area contributed by atoms with E-state index in [-0.39, 0.29) is 10.5 Å². The van der Waals surface area contributed by atoms with Crippen LogP contribution in [0.15, 0.2) is 71.1 Å². The highest BCUT2D eigenvalue weighted by Gasteiger charge is 2.50. The standard InChI is InChI=1S/C19H16FNO6S/c1-12(22)26-16-17(23)19(2,13-7-6-8-14(20)11-13)27-18(16)21-28(24,25)15-9-4-3-5-10-15/h3-11,21H,1-2H3. The number of sulfonamides is 1. The summed E-state index contributed by atoms with van der Waals surface area (Å²) >= 11 is 0. The van der Waals surface area contributed by atoms with Gasteiger partial charge < -0.3 is 9.47 Å². The monoisotopic (exact) mass is 405 g/mol. The predicted molar refractivity (Wildman–Crippen MR) is 95.4 cm³/mol. The molecule has 1 atom stereocenters. The Bertz CT molecular complexity index is 1080. The van der Waals surface area contributed by atoms with E-state index in [0.717, 1.165) is 13.0 Å². The molecule has 0 saturated heterocycles. The highest BCUT2D eigenvalue weighted by atomic mass is 32.2. The molecule has 0 bridgehead atoms. The van der Waals surface area contributed by atoms with Crippen molar-refractivity contribution in [1.82, 2.24) is 4.72 Å². The van der Waals surface area contributed by atoms with Crippen LogP contribution < -0.4 is 4.72 Å². The van der Waals surface area contributed by atoms with Crippen molar-refractivity contribution in [2.24, 2.45) is 0 Å². The minimum atomic E-state index is -4.13. The second-order valence-electron chi connectivity index (χ2n) is 6.15. The van der Waals surface area contributed by atoms with E-state index in [1.807, 2.05) is 0 Å². The summed E-state index contributed by atoms with van der Waals surface area (Å²) in [5, 5.41) is 0. The number of carbonyl (C=O) groups excluding carboxylic acids is 2. The number of nitrogens with one attached hydrogen (secondary N) is 1. The van der Waals surface area contributed by atoms with Crippen LogP contribution in [0.25, 0.3) is 0 Å². The molecule has 0 aliphatic carbocycles. The molecule has 1 heterocycles. The van der Waals surface area contributed by atoms with Crippen LogP contribution in [0, 0.1) is 5.82 Å². The lowest BCUT2D eigenvalue weighted by atomic mass is 9.91. The van der Waals surface area contributed by atoms with E-state index < -0.39 is 44.8 Å². The third-order valence-electron chi connectivity index (χ3n) is 4.05. The van der Waals surface area contributed by atoms with E-state index in [0.29, 0.717) is 0 Å². The van der Waals surface area contributed by atoms with Gasteiger partial charge in [0, 0.05) is 12.5 Å². The Hall–Kier alpha value is -3.20. The molecule has 0 radical (unpaired) electrons. The molecule has 0 amide bonds. The van der Waals surface area contributed by atoms with Gasteiger partial charge in [-0.3, -0.25) is 9.59 Å². The van der Waals surface area contributed by atoms with Crippen LogP contribution in [0.2, 0.25) is 0 Å². The zero-order valence-electron chi connectivity index (χ0n) is 14.9. The number of hydrogen-bond acceptors (Lipinski definition) is 6. The van der Waals surface area contributed by atoms with Crippen molar-refractivity contribution in [1.29, 1.82) is 0 Å². The van der Waals surface area contributed by atoms with E-state index >= 15 is 0 Å². The first-order chi connectivity index (χ1) is 13.1.